The van der Waals surface area contributed by atoms with Crippen molar-refractivity contribution in [3.8, 4) is 44.5 Å². The lowest BCUT2D eigenvalue weighted by atomic mass is 9.81. The first kappa shape index (κ1) is 34.8. The molecule has 0 atom stereocenters. The van der Waals surface area contributed by atoms with Gasteiger partial charge in [0, 0.05) is 59.0 Å². The van der Waals surface area contributed by atoms with E-state index in [0.29, 0.717) is 0 Å². The molecule has 1 aliphatic rings. The van der Waals surface area contributed by atoms with Crippen LogP contribution in [0.1, 0.15) is 25.0 Å². The second kappa shape index (κ2) is 13.4. The Morgan fingerprint density at radius 3 is 1.77 bits per heavy atom. The topological polar surface area (TPSA) is 16.4 Å². The van der Waals surface area contributed by atoms with Gasteiger partial charge in [-0.15, -0.1) is 11.3 Å². The normalized spacial score (nSPS) is 13.0. The van der Waals surface area contributed by atoms with E-state index in [9.17, 15) is 0 Å². The highest BCUT2D eigenvalue weighted by atomic mass is 32.1. The van der Waals surface area contributed by atoms with Crippen LogP contribution in [-0.4, -0.2) is 0 Å². The number of anilines is 3. The number of hydrogen-bond acceptors (Lipinski definition) is 3. The lowest BCUT2D eigenvalue weighted by molar-refractivity contribution is 0.660. The molecule has 0 saturated heterocycles. The summed E-state index contributed by atoms with van der Waals surface area (Å²) < 4.78 is 9.11. The monoisotopic (exact) mass is 785 g/mol. The van der Waals surface area contributed by atoms with Gasteiger partial charge in [0.05, 0.1) is 0 Å². The van der Waals surface area contributed by atoms with Crippen LogP contribution in [0.2, 0.25) is 0 Å². The number of thiophene rings is 1. The molecule has 9 aromatic carbocycles. The highest BCUT2D eigenvalue weighted by molar-refractivity contribution is 7.25. The van der Waals surface area contributed by atoms with Crippen molar-refractivity contribution in [3.05, 3.63) is 211 Å². The average molecular weight is 786 g/mol. The van der Waals surface area contributed by atoms with Crippen molar-refractivity contribution in [1.82, 2.24) is 0 Å². The summed E-state index contributed by atoms with van der Waals surface area (Å²) in [5.74, 6) is 0. The van der Waals surface area contributed by atoms with Gasteiger partial charge in [-0.2, -0.15) is 0 Å². The molecule has 0 saturated carbocycles. The van der Waals surface area contributed by atoms with E-state index in [4.69, 9.17) is 4.42 Å². The molecule has 12 rings (SSSR count). The Hall–Kier alpha value is -7.20. The minimum atomic E-state index is -0.137. The molecule has 2 aromatic heterocycles. The van der Waals surface area contributed by atoms with Crippen LogP contribution >= 0.6 is 11.3 Å². The van der Waals surface area contributed by atoms with Crippen LogP contribution in [0.4, 0.5) is 17.1 Å². The molecule has 0 amide bonds. The maximum atomic E-state index is 6.45. The zero-order valence-corrected chi connectivity index (χ0v) is 34.1. The lowest BCUT2D eigenvalue weighted by Gasteiger charge is -2.26. The van der Waals surface area contributed by atoms with Crippen molar-refractivity contribution in [1.29, 1.82) is 0 Å². The molecule has 0 radical (unpaired) electrons. The highest BCUT2D eigenvalue weighted by Gasteiger charge is 2.36. The van der Waals surface area contributed by atoms with Crippen molar-refractivity contribution < 1.29 is 4.42 Å². The quantitative estimate of drug-likeness (QED) is 0.167. The Balaban J connectivity index is 0.868. The first-order valence-electron chi connectivity index (χ1n) is 20.7. The van der Waals surface area contributed by atoms with Gasteiger partial charge >= 0.3 is 0 Å². The largest absolute Gasteiger partial charge is 0.455 e. The van der Waals surface area contributed by atoms with Gasteiger partial charge in [0.2, 0.25) is 0 Å². The summed E-state index contributed by atoms with van der Waals surface area (Å²) in [6.07, 6.45) is 0. The maximum Gasteiger partial charge on any atom is 0.143 e. The van der Waals surface area contributed by atoms with Crippen molar-refractivity contribution in [2.75, 3.05) is 4.90 Å². The van der Waals surface area contributed by atoms with E-state index in [0.717, 1.165) is 44.6 Å². The third kappa shape index (κ3) is 5.47. The van der Waals surface area contributed by atoms with E-state index in [-0.39, 0.29) is 5.41 Å². The Bertz CT molecular complexity index is 3440. The Labute approximate surface area is 353 Å². The van der Waals surface area contributed by atoms with Gasteiger partial charge in [-0.25, -0.2) is 0 Å². The Kier molecular flexibility index (Phi) is 7.79. The molecule has 0 bridgehead atoms. The van der Waals surface area contributed by atoms with Crippen LogP contribution in [-0.2, 0) is 5.41 Å². The van der Waals surface area contributed by atoms with E-state index >= 15 is 0 Å². The Morgan fingerprint density at radius 1 is 0.383 bits per heavy atom. The fourth-order valence-electron chi connectivity index (χ4n) is 9.61. The Morgan fingerprint density at radius 2 is 0.983 bits per heavy atom. The fraction of sp³-hybridized carbons (Fsp3) is 0.0526. The average Bonchev–Trinajstić information content (AvgIpc) is 3.94. The van der Waals surface area contributed by atoms with Crippen LogP contribution in [0, 0.1) is 0 Å². The third-order valence-corrected chi connectivity index (χ3v) is 13.9. The smallest absolute Gasteiger partial charge is 0.143 e. The van der Waals surface area contributed by atoms with Gasteiger partial charge in [0.25, 0.3) is 0 Å². The number of nitrogens with zero attached hydrogens (tertiary/aromatic N) is 1. The van der Waals surface area contributed by atoms with Crippen molar-refractivity contribution in [2.45, 2.75) is 19.3 Å². The number of hydrogen-bond donors (Lipinski definition) is 0. The first-order chi connectivity index (χ1) is 29.5. The summed E-state index contributed by atoms with van der Waals surface area (Å²) in [5.41, 5.74) is 17.6. The molecule has 0 aliphatic heterocycles. The molecule has 0 fully saturated rings. The molecule has 1 aliphatic carbocycles. The second-order valence-corrected chi connectivity index (χ2v) is 17.6. The molecule has 0 spiro atoms. The zero-order valence-electron chi connectivity index (χ0n) is 33.3. The van der Waals surface area contributed by atoms with Crippen molar-refractivity contribution in [2.24, 2.45) is 0 Å². The van der Waals surface area contributed by atoms with E-state index in [1.54, 1.807) is 0 Å². The van der Waals surface area contributed by atoms with Crippen molar-refractivity contribution >= 4 is 70.5 Å². The molecular formula is C57H39NOS. The van der Waals surface area contributed by atoms with Crippen LogP contribution in [0.25, 0.3) is 86.6 Å². The van der Waals surface area contributed by atoms with E-state index in [1.165, 1.54) is 70.2 Å². The molecule has 60 heavy (non-hydrogen) atoms. The predicted octanol–water partition coefficient (Wildman–Crippen LogP) is 16.7. The number of benzene rings is 9. The number of furan rings is 1. The number of rotatable bonds is 6. The summed E-state index contributed by atoms with van der Waals surface area (Å²) in [4.78, 5) is 2.34. The summed E-state index contributed by atoms with van der Waals surface area (Å²) in [7, 11) is 0. The maximum absolute atomic E-state index is 6.45. The standard InChI is InChI=1S/C57H39NOS/c1-57(2)51-31-24-38(33-49(51)45-30-23-40(35-52(45)57)44-15-10-16-48-46-13-6-8-17-53(46)59-56(44)48)36-19-26-42(27-20-36)58(41-11-4-3-5-12-41)43-28-21-37(22-29-43)39-25-32-55-50(34-39)47-14-7-9-18-54(47)60-55/h3-35H,1-2H3. The van der Waals surface area contributed by atoms with E-state index in [2.05, 4.69) is 213 Å². The van der Waals surface area contributed by atoms with Crippen molar-refractivity contribution in [3.63, 3.8) is 0 Å². The van der Waals surface area contributed by atoms with Crippen LogP contribution in [0.5, 0.6) is 0 Å². The van der Waals surface area contributed by atoms with Gasteiger partial charge in [-0.3, -0.25) is 0 Å². The number of para-hydroxylation sites is 3. The molecule has 0 N–H and O–H groups in total. The summed E-state index contributed by atoms with van der Waals surface area (Å²) in [6, 6.07) is 73.0. The molecule has 11 aromatic rings. The van der Waals surface area contributed by atoms with Crippen LogP contribution in [0.15, 0.2) is 205 Å². The molecule has 2 heterocycles. The first-order valence-corrected chi connectivity index (χ1v) is 21.5. The predicted molar refractivity (Wildman–Crippen MR) is 255 cm³/mol. The molecule has 0 unspecified atom stereocenters. The summed E-state index contributed by atoms with van der Waals surface area (Å²) in [5, 5.41) is 4.96. The van der Waals surface area contributed by atoms with Gasteiger partial charge in [-0.1, -0.05) is 141 Å². The molecule has 2 nitrogen and oxygen atoms in total. The van der Waals surface area contributed by atoms with Gasteiger partial charge < -0.3 is 9.32 Å². The molecule has 3 heteroatoms. The fourth-order valence-corrected chi connectivity index (χ4v) is 10.7. The third-order valence-electron chi connectivity index (χ3n) is 12.7. The van der Waals surface area contributed by atoms with Gasteiger partial charge in [0.15, 0.2) is 0 Å². The second-order valence-electron chi connectivity index (χ2n) is 16.5. The van der Waals surface area contributed by atoms with E-state index < -0.39 is 0 Å². The summed E-state index contributed by atoms with van der Waals surface area (Å²) in [6.45, 7) is 4.71. The number of fused-ring (bicyclic) bond motifs is 9. The highest BCUT2D eigenvalue weighted by Crippen LogP contribution is 2.51. The van der Waals surface area contributed by atoms with Gasteiger partial charge in [0.1, 0.15) is 11.2 Å². The van der Waals surface area contributed by atoms with Crippen LogP contribution in [0.3, 0.4) is 0 Å². The SMILES string of the molecule is CC1(C)c2ccc(-c3ccc(N(c4ccccc4)c4ccc(-c5ccc6sc7ccccc7c6c5)cc4)cc3)cc2-c2ccc(-c3cccc4c3oc3ccccc34)cc21. The van der Waals surface area contributed by atoms with Gasteiger partial charge in [-0.05, 0) is 123 Å². The summed E-state index contributed by atoms with van der Waals surface area (Å²) >= 11 is 1.86. The zero-order chi connectivity index (χ0) is 40.0. The minimum absolute atomic E-state index is 0.137. The van der Waals surface area contributed by atoms with E-state index in [1.807, 2.05) is 17.4 Å². The lowest BCUT2D eigenvalue weighted by Crippen LogP contribution is -2.15. The van der Waals surface area contributed by atoms with Crippen LogP contribution < -0.4 is 4.90 Å². The molecular weight excluding hydrogens is 747 g/mol. The minimum Gasteiger partial charge on any atom is -0.455 e. The molecule has 284 valence electrons.